The molecule has 0 aliphatic rings. The Morgan fingerprint density at radius 1 is 1.29 bits per heavy atom. The number of carboxylic acids is 1. The zero-order valence-corrected chi connectivity index (χ0v) is 13.5. The molecule has 0 unspecified atom stereocenters. The van der Waals surface area contributed by atoms with Crippen molar-refractivity contribution in [3.8, 4) is 0 Å². The van der Waals surface area contributed by atoms with E-state index >= 15 is 0 Å². The highest BCUT2D eigenvalue weighted by molar-refractivity contribution is 5.80. The number of hydrogen-bond donors (Lipinski definition) is 2. The maximum Gasteiger partial charge on any atom is 0.433 e. The summed E-state index contributed by atoms with van der Waals surface area (Å²) >= 11 is 0. The predicted octanol–water partition coefficient (Wildman–Crippen LogP) is 3.01. The molecule has 9 heteroatoms. The van der Waals surface area contributed by atoms with Crippen molar-refractivity contribution in [1.29, 1.82) is 0 Å². The number of aromatic nitrogens is 1. The maximum atomic E-state index is 12.4. The molecule has 6 nitrogen and oxygen atoms in total. The van der Waals surface area contributed by atoms with Gasteiger partial charge in [-0.25, -0.2) is 9.59 Å². The summed E-state index contributed by atoms with van der Waals surface area (Å²) in [5.74, 6) is -1.26. The van der Waals surface area contributed by atoms with Gasteiger partial charge < -0.3 is 15.2 Å². The molecule has 134 valence electrons. The smallest absolute Gasteiger partial charge is 0.433 e. The molecule has 0 aliphatic heterocycles. The number of nitrogens with zero attached hydrogens (tertiary/aromatic N) is 1. The van der Waals surface area contributed by atoms with Crippen molar-refractivity contribution in [2.45, 2.75) is 51.4 Å². The minimum atomic E-state index is -4.53. The number of hydrogen-bond acceptors (Lipinski definition) is 4. The van der Waals surface area contributed by atoms with Crippen LogP contribution in [0.1, 0.15) is 38.4 Å². The number of pyridine rings is 1. The third kappa shape index (κ3) is 6.84. The molecule has 0 aliphatic carbocycles. The van der Waals surface area contributed by atoms with Gasteiger partial charge in [-0.2, -0.15) is 13.2 Å². The summed E-state index contributed by atoms with van der Waals surface area (Å²) in [6.07, 6.45) is -4.24. The summed E-state index contributed by atoms with van der Waals surface area (Å²) in [6.45, 7) is 4.91. The van der Waals surface area contributed by atoms with Gasteiger partial charge in [-0.15, -0.1) is 0 Å². The second-order valence-corrected chi connectivity index (χ2v) is 6.13. The summed E-state index contributed by atoms with van der Waals surface area (Å²) in [5, 5.41) is 11.3. The Morgan fingerprint density at radius 2 is 1.92 bits per heavy atom. The number of alkyl carbamates (subject to hydrolysis) is 1. The van der Waals surface area contributed by atoms with E-state index in [1.54, 1.807) is 20.8 Å². The summed E-state index contributed by atoms with van der Waals surface area (Å²) in [6, 6.07) is 0.830. The quantitative estimate of drug-likeness (QED) is 0.854. The van der Waals surface area contributed by atoms with Crippen LogP contribution < -0.4 is 5.32 Å². The Morgan fingerprint density at radius 3 is 2.33 bits per heavy atom. The Bertz CT molecular complexity index is 580. The van der Waals surface area contributed by atoms with E-state index in [2.05, 4.69) is 10.3 Å². The van der Waals surface area contributed by atoms with Gasteiger partial charge >= 0.3 is 18.2 Å². The third-order valence-corrected chi connectivity index (χ3v) is 2.83. The molecule has 1 rings (SSSR count). The molecular formula is C15H19F3N2O4. The van der Waals surface area contributed by atoms with E-state index in [0.29, 0.717) is 5.56 Å². The van der Waals surface area contributed by atoms with E-state index in [1.165, 1.54) is 6.07 Å². The normalized spacial score (nSPS) is 13.2. The fraction of sp³-hybridized carbons (Fsp3) is 0.533. The number of alkyl halides is 3. The molecule has 0 saturated carbocycles. The molecular weight excluding hydrogens is 329 g/mol. The molecule has 1 heterocycles. The summed E-state index contributed by atoms with van der Waals surface area (Å²) in [4.78, 5) is 26.1. The van der Waals surface area contributed by atoms with Gasteiger partial charge in [-0.05, 0) is 45.2 Å². The molecule has 0 aromatic carbocycles. The zero-order valence-electron chi connectivity index (χ0n) is 13.5. The average molecular weight is 348 g/mol. The van der Waals surface area contributed by atoms with E-state index < -0.39 is 35.6 Å². The SMILES string of the molecule is CC(C)(C)OC(=O)N[C@@H](CCc1ccc(C(F)(F)F)nc1)C(=O)O. The van der Waals surface area contributed by atoms with Crippen LogP contribution >= 0.6 is 0 Å². The van der Waals surface area contributed by atoms with E-state index in [4.69, 9.17) is 9.84 Å². The van der Waals surface area contributed by atoms with Crippen molar-refractivity contribution in [1.82, 2.24) is 10.3 Å². The highest BCUT2D eigenvalue weighted by Gasteiger charge is 2.32. The first-order valence-electron chi connectivity index (χ1n) is 7.13. The lowest BCUT2D eigenvalue weighted by Crippen LogP contribution is -2.43. The first-order valence-corrected chi connectivity index (χ1v) is 7.13. The van der Waals surface area contributed by atoms with Gasteiger partial charge in [0.15, 0.2) is 0 Å². The summed E-state index contributed by atoms with van der Waals surface area (Å²) in [5.41, 5.74) is -1.36. The number of rotatable bonds is 5. The third-order valence-electron chi connectivity index (χ3n) is 2.83. The topological polar surface area (TPSA) is 88.5 Å². The number of nitrogens with one attached hydrogen (secondary N) is 1. The average Bonchev–Trinajstić information content (AvgIpc) is 2.40. The standard InChI is InChI=1S/C15H19F3N2O4/c1-14(2,3)24-13(23)20-10(12(21)22)6-4-9-5-7-11(19-8-9)15(16,17)18/h5,7-8,10H,4,6H2,1-3H3,(H,20,23)(H,21,22)/t10-/m0/s1. The molecule has 0 saturated heterocycles. The van der Waals surface area contributed by atoms with Gasteiger partial charge in [0, 0.05) is 6.20 Å². The number of aliphatic carboxylic acids is 1. The van der Waals surface area contributed by atoms with Crippen LogP contribution in [-0.4, -0.2) is 33.8 Å². The van der Waals surface area contributed by atoms with Crippen molar-refractivity contribution in [3.63, 3.8) is 0 Å². The van der Waals surface area contributed by atoms with Crippen LogP contribution in [0, 0.1) is 0 Å². The van der Waals surface area contributed by atoms with Gasteiger partial charge in [0.1, 0.15) is 17.3 Å². The predicted molar refractivity (Wildman–Crippen MR) is 78.4 cm³/mol. The van der Waals surface area contributed by atoms with Gasteiger partial charge in [-0.1, -0.05) is 6.07 Å². The number of ether oxygens (including phenoxy) is 1. The van der Waals surface area contributed by atoms with Crippen molar-refractivity contribution in [3.05, 3.63) is 29.6 Å². The lowest BCUT2D eigenvalue weighted by atomic mass is 10.1. The number of amides is 1. The Labute approximate surface area is 137 Å². The zero-order chi connectivity index (χ0) is 18.5. The van der Waals surface area contributed by atoms with Gasteiger partial charge in [-0.3, -0.25) is 4.98 Å². The molecule has 0 bridgehead atoms. The Hall–Kier alpha value is -2.32. The van der Waals surface area contributed by atoms with Crippen molar-refractivity contribution in [2.75, 3.05) is 0 Å². The lowest BCUT2D eigenvalue weighted by molar-refractivity contribution is -0.141. The number of carboxylic acid groups (broad SMARTS) is 1. The second-order valence-electron chi connectivity index (χ2n) is 6.13. The van der Waals surface area contributed by atoms with Gasteiger partial charge in [0.05, 0.1) is 0 Å². The summed E-state index contributed by atoms with van der Waals surface area (Å²) < 4.78 is 42.2. The number of carbonyl (C=O) groups excluding carboxylic acids is 1. The minimum Gasteiger partial charge on any atom is -0.480 e. The molecule has 0 fully saturated rings. The molecule has 0 radical (unpaired) electrons. The lowest BCUT2D eigenvalue weighted by Gasteiger charge is -2.22. The molecule has 1 atom stereocenters. The first kappa shape index (κ1) is 19.7. The van der Waals surface area contributed by atoms with Crippen LogP contribution in [0.4, 0.5) is 18.0 Å². The van der Waals surface area contributed by atoms with E-state index in [9.17, 15) is 22.8 Å². The van der Waals surface area contributed by atoms with Crippen LogP contribution in [0.2, 0.25) is 0 Å². The van der Waals surface area contributed by atoms with Crippen molar-refractivity contribution >= 4 is 12.1 Å². The number of aryl methyl sites for hydroxylation is 1. The van der Waals surface area contributed by atoms with Gasteiger partial charge in [0.25, 0.3) is 0 Å². The first-order chi connectivity index (χ1) is 10.9. The van der Waals surface area contributed by atoms with Crippen LogP contribution in [-0.2, 0) is 22.1 Å². The second kappa shape index (κ2) is 7.50. The molecule has 1 aromatic rings. The monoisotopic (exact) mass is 348 g/mol. The van der Waals surface area contributed by atoms with Crippen LogP contribution in [0.3, 0.4) is 0 Å². The molecule has 0 spiro atoms. The fourth-order valence-electron chi connectivity index (χ4n) is 1.76. The summed E-state index contributed by atoms with van der Waals surface area (Å²) in [7, 11) is 0. The van der Waals surface area contributed by atoms with Crippen molar-refractivity contribution in [2.24, 2.45) is 0 Å². The molecule has 1 amide bonds. The van der Waals surface area contributed by atoms with Crippen LogP contribution in [0.15, 0.2) is 18.3 Å². The Balaban J connectivity index is 2.64. The van der Waals surface area contributed by atoms with E-state index in [1.807, 2.05) is 0 Å². The minimum absolute atomic E-state index is 0.0123. The highest BCUT2D eigenvalue weighted by atomic mass is 19.4. The Kier molecular flexibility index (Phi) is 6.16. The molecule has 2 N–H and O–H groups in total. The van der Waals surface area contributed by atoms with E-state index in [-0.39, 0.29) is 12.8 Å². The van der Waals surface area contributed by atoms with E-state index in [0.717, 1.165) is 12.3 Å². The fourth-order valence-corrected chi connectivity index (χ4v) is 1.76. The molecule has 24 heavy (non-hydrogen) atoms. The maximum absolute atomic E-state index is 12.4. The van der Waals surface area contributed by atoms with Gasteiger partial charge in [0.2, 0.25) is 0 Å². The van der Waals surface area contributed by atoms with Crippen LogP contribution in [0.5, 0.6) is 0 Å². The molecule has 1 aromatic heterocycles. The van der Waals surface area contributed by atoms with Crippen molar-refractivity contribution < 1.29 is 32.6 Å². The van der Waals surface area contributed by atoms with Crippen LogP contribution in [0.25, 0.3) is 0 Å². The largest absolute Gasteiger partial charge is 0.480 e. The number of halogens is 3. The highest BCUT2D eigenvalue weighted by Crippen LogP contribution is 2.27. The number of carbonyl (C=O) groups is 2.